The minimum atomic E-state index is 0.0231. The lowest BCUT2D eigenvalue weighted by molar-refractivity contribution is 0.411. The highest BCUT2D eigenvalue weighted by atomic mass is 35.5. The van der Waals surface area contributed by atoms with E-state index in [1.165, 1.54) is 0 Å². The second-order valence-corrected chi connectivity index (χ2v) is 2.96. The van der Waals surface area contributed by atoms with Gasteiger partial charge in [0.2, 0.25) is 0 Å². The highest BCUT2D eigenvalue weighted by Gasteiger charge is 2.30. The number of alkyl halides is 1. The zero-order valence-corrected chi connectivity index (χ0v) is 7.14. The third kappa shape index (κ3) is 8.21. The Balaban J connectivity index is 0.000000148. The maximum Gasteiger partial charge on any atom is 0.157 e. The standard InChI is InChI=1S/C3H5ClO.C3H9N/c1-2-3(4)5-2;1-4(2)3/h2-3H,1H3;1-3H3. The van der Waals surface area contributed by atoms with Crippen molar-refractivity contribution in [1.29, 1.82) is 0 Å². The average Bonchev–Trinajstić information content (AvgIpc) is 2.16. The highest BCUT2D eigenvalue weighted by Crippen LogP contribution is 2.23. The van der Waals surface area contributed by atoms with Gasteiger partial charge in [0, 0.05) is 0 Å². The van der Waals surface area contributed by atoms with E-state index in [9.17, 15) is 0 Å². The molecule has 56 valence electrons. The first-order valence-electron chi connectivity index (χ1n) is 2.94. The summed E-state index contributed by atoms with van der Waals surface area (Å²) in [5, 5.41) is 0. The maximum absolute atomic E-state index is 5.31. The smallest absolute Gasteiger partial charge is 0.157 e. The molecular weight excluding hydrogens is 138 g/mol. The Morgan fingerprint density at radius 1 is 1.33 bits per heavy atom. The van der Waals surface area contributed by atoms with E-state index in [0.29, 0.717) is 6.10 Å². The van der Waals surface area contributed by atoms with Gasteiger partial charge in [-0.15, -0.1) is 0 Å². The SMILES string of the molecule is CC1OC1Cl.CN(C)C. The van der Waals surface area contributed by atoms with Crippen LogP contribution in [0.25, 0.3) is 0 Å². The molecule has 0 saturated carbocycles. The Bertz CT molecular complexity index is 68.7. The van der Waals surface area contributed by atoms with Crippen molar-refractivity contribution in [2.24, 2.45) is 0 Å². The van der Waals surface area contributed by atoms with Gasteiger partial charge in [-0.05, 0) is 28.1 Å². The van der Waals surface area contributed by atoms with Gasteiger partial charge in [-0.2, -0.15) is 0 Å². The topological polar surface area (TPSA) is 15.8 Å². The van der Waals surface area contributed by atoms with Crippen LogP contribution in [0.1, 0.15) is 6.92 Å². The lowest BCUT2D eigenvalue weighted by Gasteiger charge is -1.90. The van der Waals surface area contributed by atoms with Gasteiger partial charge >= 0.3 is 0 Å². The Morgan fingerprint density at radius 3 is 1.44 bits per heavy atom. The lowest BCUT2D eigenvalue weighted by Crippen LogP contribution is -1.99. The van der Waals surface area contributed by atoms with Crippen LogP contribution in [0.5, 0.6) is 0 Å². The Hall–Kier alpha value is 0.210. The summed E-state index contributed by atoms with van der Waals surface area (Å²) in [6.07, 6.45) is 0.316. The summed E-state index contributed by atoms with van der Waals surface area (Å²) in [5.74, 6) is 0. The van der Waals surface area contributed by atoms with Gasteiger partial charge in [0.1, 0.15) is 0 Å². The van der Waals surface area contributed by atoms with Crippen molar-refractivity contribution in [3.63, 3.8) is 0 Å². The van der Waals surface area contributed by atoms with Crippen molar-refractivity contribution in [3.8, 4) is 0 Å². The largest absolute Gasteiger partial charge is 0.353 e. The van der Waals surface area contributed by atoms with E-state index >= 15 is 0 Å². The molecule has 2 unspecified atom stereocenters. The van der Waals surface area contributed by atoms with Crippen molar-refractivity contribution < 1.29 is 4.74 Å². The molecule has 0 aromatic heterocycles. The third-order valence-electron chi connectivity index (χ3n) is 0.637. The minimum absolute atomic E-state index is 0.0231. The van der Waals surface area contributed by atoms with Gasteiger partial charge in [-0.1, -0.05) is 11.6 Å². The van der Waals surface area contributed by atoms with Crippen LogP contribution in [-0.2, 0) is 4.74 Å². The van der Waals surface area contributed by atoms with E-state index in [0.717, 1.165) is 0 Å². The number of ether oxygens (including phenoxy) is 1. The average molecular weight is 152 g/mol. The molecule has 0 N–H and O–H groups in total. The number of nitrogens with zero attached hydrogens (tertiary/aromatic N) is 1. The molecule has 0 amide bonds. The molecule has 3 heteroatoms. The van der Waals surface area contributed by atoms with Crippen LogP contribution in [0, 0.1) is 0 Å². The fourth-order valence-electron chi connectivity index (χ4n) is 0.160. The zero-order valence-electron chi connectivity index (χ0n) is 6.39. The molecular formula is C6H14ClNO. The third-order valence-corrected chi connectivity index (χ3v) is 1.09. The molecule has 0 bridgehead atoms. The summed E-state index contributed by atoms with van der Waals surface area (Å²) < 4.78 is 4.68. The molecule has 1 fully saturated rings. The number of rotatable bonds is 0. The van der Waals surface area contributed by atoms with Crippen LogP contribution in [0.3, 0.4) is 0 Å². The predicted molar refractivity (Wildman–Crippen MR) is 39.8 cm³/mol. The monoisotopic (exact) mass is 151 g/mol. The summed E-state index contributed by atoms with van der Waals surface area (Å²) in [5.41, 5.74) is 0.0231. The molecule has 0 radical (unpaired) electrons. The first kappa shape index (κ1) is 9.21. The summed E-state index contributed by atoms with van der Waals surface area (Å²) in [7, 11) is 6.00. The molecule has 0 aliphatic carbocycles. The molecule has 2 nitrogen and oxygen atoms in total. The fraction of sp³-hybridized carbons (Fsp3) is 1.00. The molecule has 1 aliphatic rings. The molecule has 1 aliphatic heterocycles. The van der Waals surface area contributed by atoms with Crippen LogP contribution >= 0.6 is 11.6 Å². The second kappa shape index (κ2) is 4.09. The zero-order chi connectivity index (χ0) is 7.44. The molecule has 2 atom stereocenters. The van der Waals surface area contributed by atoms with Crippen molar-refractivity contribution in [2.75, 3.05) is 21.1 Å². The lowest BCUT2D eigenvalue weighted by atomic mass is 10.6. The number of halogens is 1. The van der Waals surface area contributed by atoms with E-state index in [1.807, 2.05) is 33.0 Å². The number of hydrogen-bond acceptors (Lipinski definition) is 2. The first-order valence-corrected chi connectivity index (χ1v) is 3.38. The van der Waals surface area contributed by atoms with E-state index < -0.39 is 0 Å². The van der Waals surface area contributed by atoms with Crippen molar-refractivity contribution in [1.82, 2.24) is 4.90 Å². The van der Waals surface area contributed by atoms with E-state index in [-0.39, 0.29) is 5.56 Å². The van der Waals surface area contributed by atoms with Gasteiger partial charge in [0.25, 0.3) is 0 Å². The molecule has 9 heavy (non-hydrogen) atoms. The van der Waals surface area contributed by atoms with Crippen molar-refractivity contribution in [2.45, 2.75) is 18.6 Å². The van der Waals surface area contributed by atoms with Gasteiger partial charge in [-0.25, -0.2) is 0 Å². The molecule has 1 saturated heterocycles. The summed E-state index contributed by atoms with van der Waals surface area (Å²) in [6.45, 7) is 1.94. The second-order valence-electron chi connectivity index (χ2n) is 2.53. The van der Waals surface area contributed by atoms with Crippen molar-refractivity contribution >= 4 is 11.6 Å². The molecule has 1 rings (SSSR count). The molecule has 1 heterocycles. The Kier molecular flexibility index (Phi) is 4.19. The van der Waals surface area contributed by atoms with Crippen molar-refractivity contribution in [3.05, 3.63) is 0 Å². The molecule has 0 aromatic rings. The van der Waals surface area contributed by atoms with Gasteiger partial charge in [0.05, 0.1) is 6.10 Å². The van der Waals surface area contributed by atoms with Crippen LogP contribution in [-0.4, -0.2) is 37.7 Å². The van der Waals surface area contributed by atoms with E-state index in [2.05, 4.69) is 4.74 Å². The predicted octanol–water partition coefficient (Wildman–Crippen LogP) is 1.15. The van der Waals surface area contributed by atoms with E-state index in [4.69, 9.17) is 11.6 Å². The fourth-order valence-corrected chi connectivity index (χ4v) is 0.322. The van der Waals surface area contributed by atoms with Crippen LogP contribution in [0.4, 0.5) is 0 Å². The maximum atomic E-state index is 5.31. The van der Waals surface area contributed by atoms with Crippen LogP contribution in [0.15, 0.2) is 0 Å². The van der Waals surface area contributed by atoms with Crippen LogP contribution in [0.2, 0.25) is 0 Å². The number of hydrogen-bond donors (Lipinski definition) is 0. The quantitative estimate of drug-likeness (QED) is 0.381. The number of epoxide rings is 1. The first-order chi connectivity index (χ1) is 4.04. The summed E-state index contributed by atoms with van der Waals surface area (Å²) in [4.78, 5) is 2.00. The van der Waals surface area contributed by atoms with Gasteiger partial charge in [-0.3, -0.25) is 0 Å². The minimum Gasteiger partial charge on any atom is -0.353 e. The Labute approximate surface area is 61.7 Å². The van der Waals surface area contributed by atoms with Gasteiger partial charge < -0.3 is 9.64 Å². The Morgan fingerprint density at radius 2 is 1.44 bits per heavy atom. The molecule has 0 spiro atoms. The highest BCUT2D eigenvalue weighted by molar-refractivity contribution is 6.21. The van der Waals surface area contributed by atoms with Gasteiger partial charge in [0.15, 0.2) is 5.56 Å². The molecule has 0 aromatic carbocycles. The van der Waals surface area contributed by atoms with E-state index in [1.54, 1.807) is 0 Å². The summed E-state index contributed by atoms with van der Waals surface area (Å²) in [6, 6.07) is 0. The van der Waals surface area contributed by atoms with Crippen LogP contribution < -0.4 is 0 Å². The normalized spacial score (nSPS) is 31.3. The summed E-state index contributed by atoms with van der Waals surface area (Å²) >= 11 is 5.31.